The maximum Gasteiger partial charge on any atom is 0.137 e. The second-order valence-corrected chi connectivity index (χ2v) is 32.5. The van der Waals surface area contributed by atoms with Gasteiger partial charge in [-0.15, -0.1) is 22.7 Å². The maximum absolute atomic E-state index is 6.48. The van der Waals surface area contributed by atoms with Crippen molar-refractivity contribution in [1.29, 1.82) is 0 Å². The van der Waals surface area contributed by atoms with Crippen molar-refractivity contribution in [2.75, 3.05) is 9.80 Å². The maximum atomic E-state index is 6.48. The fourth-order valence-electron chi connectivity index (χ4n) is 19.3. The van der Waals surface area contributed by atoms with Gasteiger partial charge in [0.2, 0.25) is 0 Å². The van der Waals surface area contributed by atoms with Crippen molar-refractivity contribution < 1.29 is 8.83 Å². The van der Waals surface area contributed by atoms with Gasteiger partial charge in [-0.2, -0.15) is 0 Å². The highest BCUT2D eigenvalue weighted by Crippen LogP contribution is 2.60. The summed E-state index contributed by atoms with van der Waals surface area (Å²) in [7, 11) is 0. The van der Waals surface area contributed by atoms with Crippen LogP contribution in [0.15, 0.2) is 433 Å². The Kier molecular flexibility index (Phi) is 15.8. The fraction of sp³-hybridized carbons (Fsp3) is 0.0182. The monoisotopic (exact) mass is 1510 g/mol. The van der Waals surface area contributed by atoms with Crippen LogP contribution >= 0.6 is 22.7 Å². The molecule has 0 bridgehead atoms. The van der Waals surface area contributed by atoms with Crippen molar-refractivity contribution >= 4 is 141 Å². The molecule has 0 spiro atoms. The molecule has 0 N–H and O–H groups in total. The number of nitrogens with zero attached hydrogens (tertiary/aromatic N) is 2. The van der Waals surface area contributed by atoms with E-state index < -0.39 is 10.8 Å². The Balaban J connectivity index is 0.000000137. The Morgan fingerprint density at radius 2 is 0.534 bits per heavy atom. The molecule has 18 aromatic carbocycles. The molecule has 22 aromatic rings. The number of anilines is 6. The van der Waals surface area contributed by atoms with E-state index in [9.17, 15) is 0 Å². The van der Waals surface area contributed by atoms with Crippen LogP contribution in [0.1, 0.15) is 44.5 Å². The highest BCUT2D eigenvalue weighted by Gasteiger charge is 2.48. The van der Waals surface area contributed by atoms with Crippen LogP contribution in [0.5, 0.6) is 0 Å². The van der Waals surface area contributed by atoms with E-state index in [1.54, 1.807) is 0 Å². The standard InChI is InChI=1S/2C55H35NOS/c1-3-15-36(16-4-1)37-17-13-20-40(33-37)56(41-30-31-45-44-23-9-12-28-51(44)57-52(45)35-41)50-27-14-24-46-47-34-39(29-32-53(47)58-54(46)50)55(38-18-5-2-6-19-38)48-25-10-7-21-42(48)43-22-8-11-26-49(43)55;1-3-14-36(15-4-1)37-26-29-40(30-27-37)56(41-31-32-45-44-20-9-12-25-51(44)57-52(45)35-41)50-24-13-21-46-47-34-39(28-33-53(47)58-54(46)50)55(38-16-5-2-6-17-38)48-22-10-7-18-42(48)43-19-8-11-23-49(43)55/h2*1-35H. The van der Waals surface area contributed by atoms with E-state index in [-0.39, 0.29) is 0 Å². The van der Waals surface area contributed by atoms with E-state index in [0.717, 1.165) is 78.0 Å². The van der Waals surface area contributed by atoms with E-state index in [1.165, 1.54) is 129 Å². The Morgan fingerprint density at radius 3 is 0.991 bits per heavy atom. The SMILES string of the molecule is c1ccc(-c2ccc(N(c3ccc4c(c3)oc3ccccc34)c3cccc4c3sc3ccc(C5(c6ccccc6)c6ccccc6-c6ccccc65)cc34)cc2)cc1.c1ccc(-c2cccc(N(c3ccc4c(c3)oc3ccccc34)c3cccc4c3sc3ccc(C5(c6ccccc6)c6ccccc6-c6ccccc65)cc34)c2)cc1. The van der Waals surface area contributed by atoms with E-state index >= 15 is 0 Å². The zero-order valence-electron chi connectivity index (χ0n) is 62.9. The molecule has 544 valence electrons. The normalized spacial score (nSPS) is 13.0. The molecule has 0 saturated carbocycles. The van der Waals surface area contributed by atoms with Gasteiger partial charge in [-0.3, -0.25) is 0 Å². The number of rotatable bonds is 12. The van der Waals surface area contributed by atoms with Crippen LogP contribution in [0.3, 0.4) is 0 Å². The molecular weight excluding hydrogens is 1450 g/mol. The number of hydrogen-bond donors (Lipinski definition) is 0. The second-order valence-electron chi connectivity index (χ2n) is 30.4. The number of fused-ring (bicyclic) bond motifs is 18. The third-order valence-corrected chi connectivity index (χ3v) is 26.7. The zero-order valence-corrected chi connectivity index (χ0v) is 64.6. The largest absolute Gasteiger partial charge is 0.456 e. The molecule has 6 heteroatoms. The van der Waals surface area contributed by atoms with Gasteiger partial charge in [0.25, 0.3) is 0 Å². The van der Waals surface area contributed by atoms with Crippen LogP contribution < -0.4 is 9.80 Å². The van der Waals surface area contributed by atoms with Gasteiger partial charge in [-0.1, -0.05) is 315 Å². The van der Waals surface area contributed by atoms with Gasteiger partial charge in [-0.25, -0.2) is 0 Å². The number of hydrogen-bond acceptors (Lipinski definition) is 6. The molecule has 116 heavy (non-hydrogen) atoms. The van der Waals surface area contributed by atoms with E-state index in [1.807, 2.05) is 46.9 Å². The molecule has 0 fully saturated rings. The van der Waals surface area contributed by atoms with Crippen molar-refractivity contribution in [2.24, 2.45) is 0 Å². The quantitative estimate of drug-likeness (QED) is 0.122. The molecule has 2 aliphatic carbocycles. The fourth-order valence-corrected chi connectivity index (χ4v) is 21.6. The Labute approximate surface area is 679 Å². The summed E-state index contributed by atoms with van der Waals surface area (Å²) in [4.78, 5) is 4.81. The molecule has 0 radical (unpaired) electrons. The minimum absolute atomic E-state index is 0.455. The molecule has 2 aliphatic rings. The van der Waals surface area contributed by atoms with Crippen molar-refractivity contribution in [3.63, 3.8) is 0 Å². The Morgan fingerprint density at radius 1 is 0.198 bits per heavy atom. The van der Waals surface area contributed by atoms with Gasteiger partial charge < -0.3 is 18.6 Å². The van der Waals surface area contributed by atoms with Gasteiger partial charge in [-0.05, 0) is 186 Å². The second kappa shape index (κ2) is 27.2. The summed E-state index contributed by atoms with van der Waals surface area (Å²) >= 11 is 3.73. The molecule has 0 unspecified atom stereocenters. The summed E-state index contributed by atoms with van der Waals surface area (Å²) in [6.07, 6.45) is 0. The van der Waals surface area contributed by atoms with Gasteiger partial charge in [0, 0.05) is 87.4 Å². The average molecular weight is 1520 g/mol. The van der Waals surface area contributed by atoms with Crippen LogP contribution in [-0.4, -0.2) is 0 Å². The van der Waals surface area contributed by atoms with Crippen LogP contribution in [0, 0.1) is 0 Å². The van der Waals surface area contributed by atoms with Crippen molar-refractivity contribution in [3.05, 3.63) is 469 Å². The molecule has 4 aromatic heterocycles. The van der Waals surface area contributed by atoms with Crippen molar-refractivity contribution in [1.82, 2.24) is 0 Å². The smallest absolute Gasteiger partial charge is 0.137 e. The lowest BCUT2D eigenvalue weighted by atomic mass is 9.67. The van der Waals surface area contributed by atoms with E-state index in [4.69, 9.17) is 8.83 Å². The number of furan rings is 2. The van der Waals surface area contributed by atoms with Gasteiger partial charge in [0.05, 0.1) is 31.6 Å². The summed E-state index contributed by atoms with van der Waals surface area (Å²) in [5, 5.41) is 9.52. The van der Waals surface area contributed by atoms with Crippen LogP contribution in [-0.2, 0) is 10.8 Å². The zero-order chi connectivity index (χ0) is 76.4. The lowest BCUT2D eigenvalue weighted by Gasteiger charge is -2.34. The minimum atomic E-state index is -0.458. The summed E-state index contributed by atoms with van der Waals surface area (Å²) in [5.41, 5.74) is 29.5. The third kappa shape index (κ3) is 10.5. The number of thiophene rings is 2. The van der Waals surface area contributed by atoms with Gasteiger partial charge in [0.15, 0.2) is 0 Å². The molecule has 24 rings (SSSR count). The third-order valence-electron chi connectivity index (χ3n) is 24.3. The number of para-hydroxylation sites is 2. The minimum Gasteiger partial charge on any atom is -0.456 e. The van der Waals surface area contributed by atoms with Crippen LogP contribution in [0.4, 0.5) is 34.1 Å². The highest BCUT2D eigenvalue weighted by atomic mass is 32.1. The number of benzene rings is 18. The molecule has 4 heterocycles. The first kappa shape index (κ1) is 67.3. The van der Waals surface area contributed by atoms with Crippen molar-refractivity contribution in [3.8, 4) is 44.5 Å². The average Bonchev–Trinajstić information content (AvgIpc) is 1.54. The highest BCUT2D eigenvalue weighted by molar-refractivity contribution is 7.26. The lowest BCUT2D eigenvalue weighted by molar-refractivity contribution is 0.668. The molecule has 0 atom stereocenters. The lowest BCUT2D eigenvalue weighted by Crippen LogP contribution is -2.28. The first-order chi connectivity index (χ1) is 57.5. The molecule has 0 aliphatic heterocycles. The summed E-state index contributed by atoms with van der Waals surface area (Å²) in [6, 6.07) is 155. The molecule has 0 amide bonds. The first-order valence-corrected chi connectivity index (χ1v) is 41.3. The molecule has 0 saturated heterocycles. The predicted octanol–water partition coefficient (Wildman–Crippen LogP) is 30.9. The van der Waals surface area contributed by atoms with Crippen molar-refractivity contribution in [2.45, 2.75) is 10.8 Å². The Hall–Kier alpha value is -14.4. The molecule has 4 nitrogen and oxygen atoms in total. The summed E-state index contributed by atoms with van der Waals surface area (Å²) in [5.74, 6) is 0. The van der Waals surface area contributed by atoms with Crippen LogP contribution in [0.25, 0.3) is 129 Å². The Bertz CT molecular complexity index is 7510. The van der Waals surface area contributed by atoms with Crippen LogP contribution in [0.2, 0.25) is 0 Å². The molecular formula is C110H70N2O2S2. The first-order valence-electron chi connectivity index (χ1n) is 39.7. The predicted molar refractivity (Wildman–Crippen MR) is 488 cm³/mol. The van der Waals surface area contributed by atoms with E-state index in [2.05, 4.69) is 410 Å². The summed E-state index contributed by atoms with van der Waals surface area (Å²) < 4.78 is 18.0. The summed E-state index contributed by atoms with van der Waals surface area (Å²) in [6.45, 7) is 0. The van der Waals surface area contributed by atoms with E-state index in [0.29, 0.717) is 0 Å². The van der Waals surface area contributed by atoms with Gasteiger partial charge in [0.1, 0.15) is 22.3 Å². The van der Waals surface area contributed by atoms with Gasteiger partial charge >= 0.3 is 0 Å². The topological polar surface area (TPSA) is 32.8 Å².